The first-order valence-electron chi connectivity index (χ1n) is 11.4. The van der Waals surface area contributed by atoms with Gasteiger partial charge in [0.25, 0.3) is 5.56 Å². The summed E-state index contributed by atoms with van der Waals surface area (Å²) < 4.78 is 35.6. The van der Waals surface area contributed by atoms with Crippen LogP contribution < -0.4 is 22.7 Å². The number of aromatic nitrogens is 7. The van der Waals surface area contributed by atoms with Gasteiger partial charge in [0, 0.05) is 0 Å². The minimum Gasteiger partial charge on any atom is -0.394 e. The predicted molar refractivity (Wildman–Crippen MR) is 127 cm³/mol. The Bertz CT molecular complexity index is 1560. The van der Waals surface area contributed by atoms with E-state index in [9.17, 15) is 39.5 Å². The van der Waals surface area contributed by atoms with E-state index in [0.717, 1.165) is 21.8 Å². The molecule has 2 aliphatic rings. The van der Waals surface area contributed by atoms with E-state index in [-0.39, 0.29) is 23.1 Å². The molecule has 5 heterocycles. The van der Waals surface area contributed by atoms with Gasteiger partial charge in [-0.25, -0.2) is 19.3 Å². The molecule has 0 amide bonds. The number of aliphatic hydroxyl groups is 4. The van der Waals surface area contributed by atoms with Gasteiger partial charge in [-0.2, -0.15) is 9.97 Å². The minimum atomic E-state index is -5.05. The van der Waals surface area contributed by atoms with Crippen molar-refractivity contribution in [2.45, 2.75) is 49.1 Å². The van der Waals surface area contributed by atoms with Crippen molar-refractivity contribution in [3.8, 4) is 0 Å². The summed E-state index contributed by atoms with van der Waals surface area (Å²) in [7, 11) is -5.05. The average molecular weight is 589 g/mol. The van der Waals surface area contributed by atoms with Crippen LogP contribution in [0.4, 0.5) is 11.9 Å². The van der Waals surface area contributed by atoms with Crippen molar-refractivity contribution < 1.29 is 48.4 Å². The van der Waals surface area contributed by atoms with Crippen molar-refractivity contribution >= 4 is 30.9 Å². The Hall–Kier alpha value is -3.37. The number of imidazole rings is 1. The second kappa shape index (κ2) is 10.6. The molecule has 0 aromatic carbocycles. The highest BCUT2D eigenvalue weighted by atomic mass is 31.2. The van der Waals surface area contributed by atoms with E-state index in [1.165, 1.54) is 0 Å². The molecule has 0 saturated carbocycles. The number of nitrogen functional groups attached to an aromatic ring is 2. The summed E-state index contributed by atoms with van der Waals surface area (Å²) in [6.45, 7) is -1.58. The number of nitrogens with one attached hydrogen (secondary N) is 1. The topological polar surface area (TPSA) is 319 Å². The average Bonchev–Trinajstić information content (AvgIpc) is 3.53. The van der Waals surface area contributed by atoms with Gasteiger partial charge in [-0.15, -0.1) is 0 Å². The molecule has 5 rings (SSSR count). The number of nitrogens with zero attached hydrogens (tertiary/aromatic N) is 6. The Kier molecular flexibility index (Phi) is 7.43. The normalized spacial score (nSPS) is 32.0. The summed E-state index contributed by atoms with van der Waals surface area (Å²) in [4.78, 5) is 51.5. The van der Waals surface area contributed by atoms with E-state index in [1.54, 1.807) is 0 Å². The fraction of sp³-hybridized carbons (Fsp3) is 0.556. The first kappa shape index (κ1) is 28.2. The third-order valence-corrected chi connectivity index (χ3v) is 7.21. The number of rotatable bonds is 8. The van der Waals surface area contributed by atoms with Gasteiger partial charge in [-0.05, 0) is 0 Å². The Balaban J connectivity index is 1.28. The van der Waals surface area contributed by atoms with Crippen LogP contribution in [0.5, 0.6) is 0 Å². The maximum Gasteiger partial charge on any atom is 0.472 e. The van der Waals surface area contributed by atoms with Crippen LogP contribution in [0, 0.1) is 0 Å². The van der Waals surface area contributed by atoms with Crippen LogP contribution in [-0.2, 0) is 23.1 Å². The molecule has 3 aromatic heterocycles. The first-order valence-corrected chi connectivity index (χ1v) is 12.9. The number of ether oxygens (including phenoxy) is 2. The van der Waals surface area contributed by atoms with Crippen molar-refractivity contribution in [3.05, 3.63) is 33.5 Å². The van der Waals surface area contributed by atoms with Gasteiger partial charge in [0.15, 0.2) is 23.6 Å². The second-order valence-corrected chi connectivity index (χ2v) is 10.2. The highest BCUT2D eigenvalue weighted by molar-refractivity contribution is 7.47. The monoisotopic (exact) mass is 589 g/mol. The molecule has 0 spiro atoms. The molecule has 9 atom stereocenters. The molecule has 3 unspecified atom stereocenters. The number of anilines is 2. The molecule has 0 bridgehead atoms. The summed E-state index contributed by atoms with van der Waals surface area (Å²) in [5.41, 5.74) is 9.11. The number of fused-ring (bicyclic) bond motifs is 1. The Morgan fingerprint density at radius 1 is 1.00 bits per heavy atom. The molecule has 218 valence electrons. The van der Waals surface area contributed by atoms with Crippen molar-refractivity contribution in [1.82, 2.24) is 34.1 Å². The lowest BCUT2D eigenvalue weighted by Gasteiger charge is -2.23. The summed E-state index contributed by atoms with van der Waals surface area (Å²) in [6.07, 6.45) is -10.3. The smallest absolute Gasteiger partial charge is 0.394 e. The molecule has 2 aliphatic heterocycles. The van der Waals surface area contributed by atoms with Gasteiger partial charge in [0.2, 0.25) is 11.9 Å². The lowest BCUT2D eigenvalue weighted by atomic mass is 10.1. The lowest BCUT2D eigenvalue weighted by molar-refractivity contribution is -0.0613. The Morgan fingerprint density at radius 3 is 2.38 bits per heavy atom. The van der Waals surface area contributed by atoms with Crippen LogP contribution in [-0.4, -0.2) is 109 Å². The zero-order valence-corrected chi connectivity index (χ0v) is 21.0. The fourth-order valence-corrected chi connectivity index (χ4v) is 5.30. The number of aromatic amines is 1. The summed E-state index contributed by atoms with van der Waals surface area (Å²) in [5, 5.41) is 41.2. The zero-order chi connectivity index (χ0) is 28.9. The van der Waals surface area contributed by atoms with Crippen LogP contribution in [0.25, 0.3) is 11.2 Å². The van der Waals surface area contributed by atoms with E-state index in [1.807, 2.05) is 0 Å². The maximum atomic E-state index is 12.7. The molecule has 2 saturated heterocycles. The number of phosphoric acid groups is 1. The van der Waals surface area contributed by atoms with Gasteiger partial charge >= 0.3 is 13.5 Å². The van der Waals surface area contributed by atoms with Crippen LogP contribution in [0.15, 0.2) is 22.2 Å². The predicted octanol–water partition coefficient (Wildman–Crippen LogP) is -4.69. The molecular formula is C18H24N9O12P. The van der Waals surface area contributed by atoms with Gasteiger partial charge in [-0.3, -0.25) is 28.0 Å². The van der Waals surface area contributed by atoms with E-state index in [4.69, 9.17) is 30.0 Å². The first-order chi connectivity index (χ1) is 18.9. The third-order valence-electron chi connectivity index (χ3n) is 6.23. The quantitative estimate of drug-likeness (QED) is 0.114. The number of hydrogen-bond donors (Lipinski definition) is 8. The Labute approximate surface area is 221 Å². The number of phosphoric ester groups is 1. The van der Waals surface area contributed by atoms with E-state index in [2.05, 4.69) is 24.9 Å². The molecule has 10 N–H and O–H groups in total. The SMILES string of the molecule is Nc1ncn([C@@H]2O[C@H](COP(=O)(O)OC3[C@@H](CO)O[C@@H](n4cnc5c(=O)[nH]c(N)nc54)[C@H]3O)[C@H](O)C2O)c(=O)n1. The summed E-state index contributed by atoms with van der Waals surface area (Å²) >= 11 is 0. The van der Waals surface area contributed by atoms with Crippen molar-refractivity contribution in [3.63, 3.8) is 0 Å². The van der Waals surface area contributed by atoms with Crippen molar-refractivity contribution in [1.29, 1.82) is 0 Å². The van der Waals surface area contributed by atoms with Crippen molar-refractivity contribution in [2.75, 3.05) is 24.7 Å². The van der Waals surface area contributed by atoms with Crippen LogP contribution in [0.1, 0.15) is 12.5 Å². The van der Waals surface area contributed by atoms with E-state index in [0.29, 0.717) is 0 Å². The lowest BCUT2D eigenvalue weighted by Crippen LogP contribution is -2.37. The van der Waals surface area contributed by atoms with Gasteiger partial charge in [0.1, 0.15) is 43.0 Å². The molecule has 0 radical (unpaired) electrons. The molecule has 21 nitrogen and oxygen atoms in total. The summed E-state index contributed by atoms with van der Waals surface area (Å²) in [5.74, 6) is -0.576. The number of nitrogens with two attached hydrogens (primary N) is 2. The standard InChI is InChI=1S/C18H24N9O12P/c19-16-22-4-27(18(33)25-16)14-9(30)8(29)6(38-14)2-36-40(34,35)39-11-5(1-28)37-15(10(11)31)26-3-21-7-12(26)23-17(20)24-13(7)32/h3-6,8-11,14-15,28-31H,1-2H2,(H,34,35)(H2,19,25,33)(H3,20,23,24,32)/t5-,6-,8+,9?,10+,11?,14-,15-/m1/s1. The second-order valence-electron chi connectivity index (χ2n) is 8.80. The summed E-state index contributed by atoms with van der Waals surface area (Å²) in [6, 6.07) is 0. The number of aliphatic hydroxyl groups excluding tert-OH is 4. The third kappa shape index (κ3) is 5.10. The largest absolute Gasteiger partial charge is 0.472 e. The Morgan fingerprint density at radius 2 is 1.68 bits per heavy atom. The minimum absolute atomic E-state index is 0.0721. The highest BCUT2D eigenvalue weighted by Crippen LogP contribution is 2.49. The molecule has 2 fully saturated rings. The van der Waals surface area contributed by atoms with Gasteiger partial charge in [-0.1, -0.05) is 0 Å². The number of H-pyrrole nitrogens is 1. The van der Waals surface area contributed by atoms with Crippen LogP contribution >= 0.6 is 7.82 Å². The number of hydrogen-bond acceptors (Lipinski definition) is 17. The molecule has 3 aromatic rings. The molecule has 40 heavy (non-hydrogen) atoms. The fourth-order valence-electron chi connectivity index (χ4n) is 4.33. The highest BCUT2D eigenvalue weighted by Gasteiger charge is 2.50. The van der Waals surface area contributed by atoms with E-state index < -0.39 is 81.4 Å². The molecule has 22 heteroatoms. The van der Waals surface area contributed by atoms with Gasteiger partial charge < -0.3 is 46.3 Å². The van der Waals surface area contributed by atoms with E-state index >= 15 is 0 Å². The zero-order valence-electron chi connectivity index (χ0n) is 20.1. The maximum absolute atomic E-state index is 12.7. The van der Waals surface area contributed by atoms with Gasteiger partial charge in [0.05, 0.1) is 19.5 Å². The van der Waals surface area contributed by atoms with Crippen molar-refractivity contribution in [2.24, 2.45) is 0 Å². The van der Waals surface area contributed by atoms with Crippen LogP contribution in [0.3, 0.4) is 0 Å². The molecule has 0 aliphatic carbocycles. The van der Waals surface area contributed by atoms with Crippen LogP contribution in [0.2, 0.25) is 0 Å². The molecular weight excluding hydrogens is 565 g/mol.